The van der Waals surface area contributed by atoms with E-state index in [2.05, 4.69) is 0 Å². The molecule has 0 aliphatic heterocycles. The summed E-state index contributed by atoms with van der Waals surface area (Å²) < 4.78 is 10.2. The van der Waals surface area contributed by atoms with E-state index in [0.717, 1.165) is 0 Å². The van der Waals surface area contributed by atoms with Crippen molar-refractivity contribution in [3.63, 3.8) is 0 Å². The van der Waals surface area contributed by atoms with Crippen LogP contribution in [0.4, 0.5) is 0 Å². The van der Waals surface area contributed by atoms with E-state index in [0.29, 0.717) is 12.9 Å². The molecule has 0 amide bonds. The molecule has 0 aromatic carbocycles. The molecule has 0 atom stereocenters. The van der Waals surface area contributed by atoms with E-state index in [1.54, 1.807) is 7.11 Å². The Morgan fingerprint density at radius 1 is 1.08 bits per heavy atom. The Morgan fingerprint density at radius 2 is 1.67 bits per heavy atom. The predicted molar refractivity (Wildman–Crippen MR) is 51.2 cm³/mol. The first-order chi connectivity index (χ1) is 5.93. The van der Waals surface area contributed by atoms with Crippen molar-refractivity contribution in [1.29, 1.82) is 0 Å². The average molecular weight is 174 g/mol. The van der Waals surface area contributed by atoms with Crippen LogP contribution in [0.1, 0.15) is 46.0 Å². The van der Waals surface area contributed by atoms with Crippen LogP contribution in [0, 0.1) is 0 Å². The van der Waals surface area contributed by atoms with Gasteiger partial charge in [0.1, 0.15) is 6.79 Å². The summed E-state index contributed by atoms with van der Waals surface area (Å²) in [5.74, 6) is 0. The van der Waals surface area contributed by atoms with Gasteiger partial charge in [0.2, 0.25) is 0 Å². The lowest BCUT2D eigenvalue weighted by molar-refractivity contribution is -0.0818. The lowest BCUT2D eigenvalue weighted by Gasteiger charge is -2.21. The third-order valence-corrected chi connectivity index (χ3v) is 1.97. The van der Waals surface area contributed by atoms with Crippen molar-refractivity contribution in [1.82, 2.24) is 0 Å². The first-order valence-electron chi connectivity index (χ1n) is 5.04. The molecule has 1 aliphatic rings. The molecule has 0 radical (unpaired) electrons. The third-order valence-electron chi connectivity index (χ3n) is 1.97. The van der Waals surface area contributed by atoms with Crippen LogP contribution < -0.4 is 0 Å². The standard InChI is InChI=1S/C8H16O2.C2H6/c1-9-7-10-8-5-3-2-4-6-8;1-2/h8H,2-7H2,1H3;1-2H3. The Morgan fingerprint density at radius 3 is 2.17 bits per heavy atom. The molecular weight excluding hydrogens is 152 g/mol. The molecule has 0 saturated heterocycles. The Bertz CT molecular complexity index is 77.9. The van der Waals surface area contributed by atoms with Crippen molar-refractivity contribution in [2.75, 3.05) is 13.9 Å². The highest BCUT2D eigenvalue weighted by Gasteiger charge is 2.12. The van der Waals surface area contributed by atoms with Gasteiger partial charge in [0, 0.05) is 7.11 Å². The molecule has 12 heavy (non-hydrogen) atoms. The third kappa shape index (κ3) is 5.56. The monoisotopic (exact) mass is 174 g/mol. The topological polar surface area (TPSA) is 18.5 Å². The minimum absolute atomic E-state index is 0.463. The average Bonchev–Trinajstić information content (AvgIpc) is 2.19. The van der Waals surface area contributed by atoms with E-state index in [9.17, 15) is 0 Å². The van der Waals surface area contributed by atoms with Crippen molar-refractivity contribution in [2.24, 2.45) is 0 Å². The molecule has 0 N–H and O–H groups in total. The fraction of sp³-hybridized carbons (Fsp3) is 1.00. The summed E-state index contributed by atoms with van der Waals surface area (Å²) in [6, 6.07) is 0. The second kappa shape index (κ2) is 9.01. The summed E-state index contributed by atoms with van der Waals surface area (Å²) >= 11 is 0. The van der Waals surface area contributed by atoms with Crippen LogP contribution >= 0.6 is 0 Å². The minimum atomic E-state index is 0.463. The van der Waals surface area contributed by atoms with Crippen molar-refractivity contribution >= 4 is 0 Å². The maximum Gasteiger partial charge on any atom is 0.146 e. The van der Waals surface area contributed by atoms with Gasteiger partial charge in [0.25, 0.3) is 0 Å². The first kappa shape index (κ1) is 11.9. The van der Waals surface area contributed by atoms with Crippen LogP contribution in [0.5, 0.6) is 0 Å². The lowest BCUT2D eigenvalue weighted by Crippen LogP contribution is -2.17. The van der Waals surface area contributed by atoms with Gasteiger partial charge in [-0.05, 0) is 12.8 Å². The quantitative estimate of drug-likeness (QED) is 0.612. The van der Waals surface area contributed by atoms with Crippen LogP contribution in [-0.4, -0.2) is 20.0 Å². The minimum Gasteiger partial charge on any atom is -0.359 e. The zero-order valence-electron chi connectivity index (χ0n) is 8.64. The molecule has 0 bridgehead atoms. The van der Waals surface area contributed by atoms with Gasteiger partial charge in [-0.25, -0.2) is 0 Å². The van der Waals surface area contributed by atoms with E-state index in [-0.39, 0.29) is 0 Å². The smallest absolute Gasteiger partial charge is 0.146 e. The highest BCUT2D eigenvalue weighted by molar-refractivity contribution is 4.64. The Labute approximate surface area is 76.3 Å². The molecule has 2 nitrogen and oxygen atoms in total. The number of hydrogen-bond acceptors (Lipinski definition) is 2. The molecule has 0 unspecified atom stereocenters. The molecule has 1 rings (SSSR count). The van der Waals surface area contributed by atoms with Crippen molar-refractivity contribution in [2.45, 2.75) is 52.1 Å². The molecule has 1 fully saturated rings. The van der Waals surface area contributed by atoms with Gasteiger partial charge in [0.05, 0.1) is 6.10 Å². The van der Waals surface area contributed by atoms with Crippen LogP contribution in [0.2, 0.25) is 0 Å². The van der Waals surface area contributed by atoms with Crippen molar-refractivity contribution < 1.29 is 9.47 Å². The van der Waals surface area contributed by atoms with E-state index < -0.39 is 0 Å². The van der Waals surface area contributed by atoms with Gasteiger partial charge in [-0.2, -0.15) is 0 Å². The Balaban J connectivity index is 0.000000561. The molecule has 0 aromatic heterocycles. The summed E-state index contributed by atoms with van der Waals surface area (Å²) in [6.07, 6.45) is 6.97. The van der Waals surface area contributed by atoms with Crippen LogP contribution in [0.25, 0.3) is 0 Å². The molecule has 1 aliphatic carbocycles. The predicted octanol–water partition coefficient (Wildman–Crippen LogP) is 2.97. The molecule has 1 saturated carbocycles. The van der Waals surface area contributed by atoms with Crippen LogP contribution in [0.3, 0.4) is 0 Å². The van der Waals surface area contributed by atoms with E-state index in [1.807, 2.05) is 13.8 Å². The number of ether oxygens (including phenoxy) is 2. The summed E-state index contributed by atoms with van der Waals surface area (Å²) in [4.78, 5) is 0. The van der Waals surface area contributed by atoms with E-state index >= 15 is 0 Å². The fourth-order valence-electron chi connectivity index (χ4n) is 1.40. The fourth-order valence-corrected chi connectivity index (χ4v) is 1.40. The van der Waals surface area contributed by atoms with Crippen LogP contribution in [0.15, 0.2) is 0 Å². The van der Waals surface area contributed by atoms with Gasteiger partial charge in [-0.3, -0.25) is 0 Å². The van der Waals surface area contributed by atoms with Gasteiger partial charge in [-0.15, -0.1) is 0 Å². The van der Waals surface area contributed by atoms with E-state index in [4.69, 9.17) is 9.47 Å². The molecule has 0 aromatic rings. The molecule has 2 heteroatoms. The maximum atomic E-state index is 5.41. The first-order valence-corrected chi connectivity index (χ1v) is 5.04. The normalized spacial score (nSPS) is 18.2. The summed E-state index contributed by atoms with van der Waals surface area (Å²) in [5.41, 5.74) is 0. The zero-order valence-corrected chi connectivity index (χ0v) is 8.64. The molecular formula is C10H22O2. The van der Waals surface area contributed by atoms with Gasteiger partial charge >= 0.3 is 0 Å². The van der Waals surface area contributed by atoms with Crippen LogP contribution in [-0.2, 0) is 9.47 Å². The van der Waals surface area contributed by atoms with Gasteiger partial charge < -0.3 is 9.47 Å². The second-order valence-corrected chi connectivity index (χ2v) is 2.83. The highest BCUT2D eigenvalue weighted by atomic mass is 16.7. The largest absolute Gasteiger partial charge is 0.359 e. The summed E-state index contributed by atoms with van der Waals surface area (Å²) in [5, 5.41) is 0. The Hall–Kier alpha value is -0.0800. The Kier molecular flexibility index (Phi) is 8.95. The number of rotatable bonds is 3. The highest BCUT2D eigenvalue weighted by Crippen LogP contribution is 2.19. The van der Waals surface area contributed by atoms with E-state index in [1.165, 1.54) is 32.1 Å². The molecule has 0 spiro atoms. The SMILES string of the molecule is CC.COCOC1CCCCC1. The number of hydrogen-bond donors (Lipinski definition) is 0. The lowest BCUT2D eigenvalue weighted by atomic mass is 9.98. The summed E-state index contributed by atoms with van der Waals surface area (Å²) in [7, 11) is 1.67. The second-order valence-electron chi connectivity index (χ2n) is 2.83. The zero-order chi connectivity index (χ0) is 9.23. The number of methoxy groups -OCH3 is 1. The van der Waals surface area contributed by atoms with Crippen molar-refractivity contribution in [3.8, 4) is 0 Å². The molecule has 0 heterocycles. The maximum absolute atomic E-state index is 5.41. The van der Waals surface area contributed by atoms with Gasteiger partial charge in [0.15, 0.2) is 0 Å². The van der Waals surface area contributed by atoms with Gasteiger partial charge in [-0.1, -0.05) is 33.1 Å². The summed E-state index contributed by atoms with van der Waals surface area (Å²) in [6.45, 7) is 4.46. The van der Waals surface area contributed by atoms with Crippen molar-refractivity contribution in [3.05, 3.63) is 0 Å². The molecule has 74 valence electrons.